The summed E-state index contributed by atoms with van der Waals surface area (Å²) >= 11 is 5.73. The van der Waals surface area contributed by atoms with Crippen LogP contribution in [0.4, 0.5) is 10.5 Å². The molecule has 0 heterocycles. The van der Waals surface area contributed by atoms with Gasteiger partial charge in [-0.1, -0.05) is 11.6 Å². The predicted molar refractivity (Wildman–Crippen MR) is 45.2 cm³/mol. The second kappa shape index (κ2) is 3.45. The number of hydrogen-bond donors (Lipinski definition) is 1. The average molecular weight is 185 g/mol. The van der Waals surface area contributed by atoms with Gasteiger partial charge in [-0.25, -0.2) is 0 Å². The predicted octanol–water partition coefficient (Wildman–Crippen LogP) is 1.40. The van der Waals surface area contributed by atoms with E-state index in [1.165, 1.54) is 0 Å². The highest BCUT2D eigenvalue weighted by molar-refractivity contribution is 6.31. The van der Waals surface area contributed by atoms with Crippen molar-refractivity contribution in [2.24, 2.45) is 0 Å². The molecule has 0 aliphatic heterocycles. The summed E-state index contributed by atoms with van der Waals surface area (Å²) < 4.78 is 0. The van der Waals surface area contributed by atoms with Gasteiger partial charge in [-0.2, -0.15) is 0 Å². The molecule has 1 aromatic rings. The van der Waals surface area contributed by atoms with Crippen molar-refractivity contribution in [2.75, 3.05) is 5.32 Å². The van der Waals surface area contributed by atoms with E-state index in [0.717, 1.165) is 5.56 Å². The molecule has 64 valence electrons. The Hall–Kier alpha value is -1.22. The van der Waals surface area contributed by atoms with E-state index in [1.807, 2.05) is 0 Å². The highest BCUT2D eigenvalue weighted by atomic mass is 35.5. The monoisotopic (exact) mass is 184 g/mol. The Balaban J connectivity index is 2.89. The van der Waals surface area contributed by atoms with E-state index in [4.69, 9.17) is 11.6 Å². The van der Waals surface area contributed by atoms with Gasteiger partial charge in [0, 0.05) is 10.7 Å². The molecule has 4 heteroatoms. The van der Waals surface area contributed by atoms with Gasteiger partial charge in [0.2, 0.25) is 0 Å². The van der Waals surface area contributed by atoms with Crippen molar-refractivity contribution < 1.29 is 9.90 Å². The van der Waals surface area contributed by atoms with Gasteiger partial charge in [0.25, 0.3) is 0 Å². The number of nitrogens with one attached hydrogen (secondary N) is 1. The minimum absolute atomic E-state index is 0.469. The number of aryl methyl sites for hydroxylation is 1. The van der Waals surface area contributed by atoms with E-state index in [1.54, 1.807) is 25.1 Å². The molecule has 3 nitrogen and oxygen atoms in total. The molecule has 12 heavy (non-hydrogen) atoms. The summed E-state index contributed by atoms with van der Waals surface area (Å²) in [4.78, 5) is 10.1. The van der Waals surface area contributed by atoms with Gasteiger partial charge in [-0.05, 0) is 30.7 Å². The van der Waals surface area contributed by atoms with Crippen LogP contribution in [0.5, 0.6) is 0 Å². The van der Waals surface area contributed by atoms with Crippen LogP contribution in [0.2, 0.25) is 5.02 Å². The Morgan fingerprint density at radius 1 is 1.58 bits per heavy atom. The summed E-state index contributed by atoms with van der Waals surface area (Å²) in [6, 6.07) is 4.84. The van der Waals surface area contributed by atoms with Gasteiger partial charge in [0.1, 0.15) is 6.09 Å². The number of halogens is 1. The minimum Gasteiger partial charge on any atom is -0.530 e. The fourth-order valence-corrected chi connectivity index (χ4v) is 0.958. The molecule has 1 rings (SSSR count). The second-order valence-corrected chi connectivity index (χ2v) is 2.78. The highest BCUT2D eigenvalue weighted by Gasteiger charge is 1.96. The topological polar surface area (TPSA) is 52.2 Å². The normalized spacial score (nSPS) is 9.50. The second-order valence-electron chi connectivity index (χ2n) is 2.38. The molecular weight excluding hydrogens is 178 g/mol. The maximum Gasteiger partial charge on any atom is 0.138 e. The number of amides is 1. The first-order valence-electron chi connectivity index (χ1n) is 3.34. The lowest BCUT2D eigenvalue weighted by atomic mass is 10.2. The van der Waals surface area contributed by atoms with Crippen molar-refractivity contribution in [1.82, 2.24) is 0 Å². The summed E-state index contributed by atoms with van der Waals surface area (Å²) in [5.41, 5.74) is 1.29. The van der Waals surface area contributed by atoms with Crippen LogP contribution in [-0.4, -0.2) is 6.09 Å². The first-order valence-corrected chi connectivity index (χ1v) is 3.71. The van der Waals surface area contributed by atoms with Crippen molar-refractivity contribution in [3.05, 3.63) is 28.8 Å². The van der Waals surface area contributed by atoms with Crippen molar-refractivity contribution in [3.8, 4) is 0 Å². The van der Waals surface area contributed by atoms with E-state index in [0.29, 0.717) is 10.7 Å². The molecule has 0 spiro atoms. The molecule has 0 radical (unpaired) electrons. The summed E-state index contributed by atoms with van der Waals surface area (Å²) in [5, 5.41) is 12.8. The summed E-state index contributed by atoms with van der Waals surface area (Å²) in [5.74, 6) is 0. The molecule has 0 aliphatic rings. The molecule has 0 saturated heterocycles. The van der Waals surface area contributed by atoms with Crippen LogP contribution < -0.4 is 10.4 Å². The smallest absolute Gasteiger partial charge is 0.138 e. The van der Waals surface area contributed by atoms with Crippen molar-refractivity contribution >= 4 is 23.4 Å². The summed E-state index contributed by atoms with van der Waals surface area (Å²) in [6.45, 7) is 1.79. The molecule has 1 amide bonds. The first kappa shape index (κ1) is 8.87. The Kier molecular flexibility index (Phi) is 2.55. The quantitative estimate of drug-likeness (QED) is 0.718. The van der Waals surface area contributed by atoms with Crippen LogP contribution >= 0.6 is 11.6 Å². The van der Waals surface area contributed by atoms with Crippen LogP contribution in [0, 0.1) is 6.92 Å². The van der Waals surface area contributed by atoms with Crippen LogP contribution in [0.15, 0.2) is 18.2 Å². The number of benzene rings is 1. The number of carbonyl (C=O) groups is 1. The van der Waals surface area contributed by atoms with Gasteiger partial charge < -0.3 is 15.2 Å². The molecule has 0 fully saturated rings. The van der Waals surface area contributed by atoms with E-state index >= 15 is 0 Å². The maximum atomic E-state index is 10.1. The summed E-state index contributed by atoms with van der Waals surface area (Å²) in [7, 11) is 0. The van der Waals surface area contributed by atoms with Crippen molar-refractivity contribution in [1.29, 1.82) is 0 Å². The lowest BCUT2D eigenvalue weighted by Gasteiger charge is -2.07. The number of carboxylic acid groups (broad SMARTS) is 1. The third-order valence-electron chi connectivity index (χ3n) is 1.40. The summed E-state index contributed by atoms with van der Waals surface area (Å²) in [6.07, 6.45) is -1.32. The van der Waals surface area contributed by atoms with Gasteiger partial charge >= 0.3 is 0 Å². The number of anilines is 1. The number of rotatable bonds is 1. The van der Waals surface area contributed by atoms with E-state index in [2.05, 4.69) is 5.32 Å². The molecule has 1 N–H and O–H groups in total. The van der Waals surface area contributed by atoms with Crippen LogP contribution in [0.1, 0.15) is 5.56 Å². The standard InChI is InChI=1S/C8H8ClNO2/c1-5-4-6(10-8(11)12)2-3-7(5)9/h2-4,10H,1H3,(H,11,12)/p-1. The van der Waals surface area contributed by atoms with Crippen LogP contribution in [0.25, 0.3) is 0 Å². The molecule has 0 unspecified atom stereocenters. The molecule has 0 aromatic heterocycles. The van der Waals surface area contributed by atoms with E-state index in [9.17, 15) is 9.90 Å². The fraction of sp³-hybridized carbons (Fsp3) is 0.125. The zero-order valence-electron chi connectivity index (χ0n) is 6.43. The fourth-order valence-electron chi connectivity index (χ4n) is 0.840. The molecule has 0 saturated carbocycles. The third kappa shape index (κ3) is 2.13. The lowest BCUT2D eigenvalue weighted by Crippen LogP contribution is -2.28. The van der Waals surface area contributed by atoms with Gasteiger partial charge in [-0.15, -0.1) is 0 Å². The zero-order valence-corrected chi connectivity index (χ0v) is 7.18. The molecule has 0 atom stereocenters. The Morgan fingerprint density at radius 3 is 2.75 bits per heavy atom. The molecule has 0 bridgehead atoms. The van der Waals surface area contributed by atoms with E-state index < -0.39 is 6.09 Å². The lowest BCUT2D eigenvalue weighted by molar-refractivity contribution is -0.242. The molecule has 1 aromatic carbocycles. The minimum atomic E-state index is -1.32. The van der Waals surface area contributed by atoms with Crippen LogP contribution in [0.3, 0.4) is 0 Å². The Morgan fingerprint density at radius 2 is 2.25 bits per heavy atom. The maximum absolute atomic E-state index is 10.1. The highest BCUT2D eigenvalue weighted by Crippen LogP contribution is 2.18. The molecule has 0 aliphatic carbocycles. The van der Waals surface area contributed by atoms with Gasteiger partial charge in [-0.3, -0.25) is 0 Å². The Labute approximate surface area is 75.0 Å². The zero-order chi connectivity index (χ0) is 9.14. The number of carbonyl (C=O) groups excluding carboxylic acids is 1. The van der Waals surface area contributed by atoms with Crippen molar-refractivity contribution in [3.63, 3.8) is 0 Å². The SMILES string of the molecule is Cc1cc(NC(=O)[O-])ccc1Cl. The van der Waals surface area contributed by atoms with Gasteiger partial charge in [0.15, 0.2) is 0 Å². The Bertz CT molecular complexity index is 312. The van der Waals surface area contributed by atoms with Crippen molar-refractivity contribution in [2.45, 2.75) is 6.92 Å². The molecular formula is C8H7ClNO2-. The first-order chi connectivity index (χ1) is 5.59. The van der Waals surface area contributed by atoms with Crippen LogP contribution in [-0.2, 0) is 0 Å². The van der Waals surface area contributed by atoms with Gasteiger partial charge in [0.05, 0.1) is 0 Å². The largest absolute Gasteiger partial charge is 0.530 e. The average Bonchev–Trinajstić information content (AvgIpc) is 1.96. The third-order valence-corrected chi connectivity index (χ3v) is 1.83. The van der Waals surface area contributed by atoms with E-state index in [-0.39, 0.29) is 0 Å². The number of hydrogen-bond acceptors (Lipinski definition) is 2.